The van der Waals surface area contributed by atoms with Gasteiger partial charge in [-0.2, -0.15) is 0 Å². The van der Waals surface area contributed by atoms with Crippen LogP contribution in [0.2, 0.25) is 0 Å². The van der Waals surface area contributed by atoms with Crippen LogP contribution >= 0.6 is 0 Å². The molecule has 1 amide bonds. The Bertz CT molecular complexity index is 705. The Morgan fingerprint density at radius 1 is 1.37 bits per heavy atom. The number of carbonyl (C=O) groups excluding carboxylic acids is 2. The molecule has 1 atom stereocenters. The van der Waals surface area contributed by atoms with E-state index in [9.17, 15) is 14.6 Å². The third-order valence-corrected chi connectivity index (χ3v) is 4.59. The van der Waals surface area contributed by atoms with Crippen LogP contribution in [0.15, 0.2) is 30.5 Å². The largest absolute Gasteiger partial charge is 0.547 e. The lowest BCUT2D eigenvalue weighted by atomic mass is 9.72. The molecule has 146 valence electrons. The van der Waals surface area contributed by atoms with Gasteiger partial charge < -0.3 is 24.6 Å². The number of carbonyl (C=O) groups is 2. The molecule has 2 N–H and O–H groups in total. The molecule has 0 saturated carbocycles. The number of amides is 1. The van der Waals surface area contributed by atoms with E-state index in [0.29, 0.717) is 18.6 Å². The number of ether oxygens (including phenoxy) is 1. The van der Waals surface area contributed by atoms with Crippen LogP contribution in [0.5, 0.6) is 5.75 Å². The molecule has 2 rings (SSSR count). The van der Waals surface area contributed by atoms with Crippen molar-refractivity contribution in [3.05, 3.63) is 41.6 Å². The Balaban J connectivity index is 2.10. The second-order valence-corrected chi connectivity index (χ2v) is 6.35. The molecule has 1 aliphatic rings. The van der Waals surface area contributed by atoms with Crippen molar-refractivity contribution in [2.24, 2.45) is 0 Å². The van der Waals surface area contributed by atoms with Crippen molar-refractivity contribution < 1.29 is 24.0 Å². The van der Waals surface area contributed by atoms with Crippen molar-refractivity contribution in [3.8, 4) is 5.75 Å². The first kappa shape index (κ1) is 20.8. The van der Waals surface area contributed by atoms with Crippen LogP contribution in [-0.2, 0) is 16.0 Å². The zero-order chi connectivity index (χ0) is 20.0. The topological polar surface area (TPSA) is 88.1 Å². The Labute approximate surface area is 160 Å². The fraction of sp³-hybridized carbons (Fsp3) is 0.474. The van der Waals surface area contributed by atoms with Crippen molar-refractivity contribution in [1.82, 2.24) is 10.2 Å². The molecule has 0 fully saturated rings. The van der Waals surface area contributed by atoms with Gasteiger partial charge in [0.2, 0.25) is 5.91 Å². The zero-order valence-corrected chi connectivity index (χ0v) is 16.2. The molecular formula is C19H27BN2O5. The molecule has 0 saturated heterocycles. The maximum Gasteiger partial charge on any atom is 0.547 e. The van der Waals surface area contributed by atoms with Gasteiger partial charge in [0.25, 0.3) is 0 Å². The van der Waals surface area contributed by atoms with Crippen LogP contribution in [0.3, 0.4) is 0 Å². The second kappa shape index (κ2) is 9.46. The van der Waals surface area contributed by atoms with Crippen molar-refractivity contribution in [3.63, 3.8) is 0 Å². The first-order valence-electron chi connectivity index (χ1n) is 9.26. The number of nitrogens with zero attached hydrogens (tertiary/aromatic N) is 1. The summed E-state index contributed by atoms with van der Waals surface area (Å²) in [6, 6.07) is 5.13. The van der Waals surface area contributed by atoms with Crippen molar-refractivity contribution in [2.45, 2.75) is 39.6 Å². The molecule has 0 aromatic heterocycles. The highest BCUT2D eigenvalue weighted by atomic mass is 16.5. The minimum absolute atomic E-state index is 0.0852. The molecule has 1 aromatic carbocycles. The predicted molar refractivity (Wildman–Crippen MR) is 103 cm³/mol. The number of hydrogen-bond donors (Lipinski definition) is 2. The summed E-state index contributed by atoms with van der Waals surface area (Å²) in [4.78, 5) is 26.1. The van der Waals surface area contributed by atoms with E-state index in [-0.39, 0.29) is 18.1 Å². The van der Waals surface area contributed by atoms with E-state index in [0.717, 1.165) is 24.4 Å². The summed E-state index contributed by atoms with van der Waals surface area (Å²) in [5.74, 6) is -0.968. The quantitative estimate of drug-likeness (QED) is 0.530. The van der Waals surface area contributed by atoms with Crippen molar-refractivity contribution in [1.29, 1.82) is 0 Å². The maximum atomic E-state index is 12.5. The number of benzene rings is 1. The van der Waals surface area contributed by atoms with Gasteiger partial charge >= 0.3 is 13.1 Å². The predicted octanol–water partition coefficient (Wildman–Crippen LogP) is 1.55. The summed E-state index contributed by atoms with van der Waals surface area (Å²) < 4.78 is 10.9. The highest BCUT2D eigenvalue weighted by Gasteiger charge is 2.37. The van der Waals surface area contributed by atoms with Gasteiger partial charge in [-0.1, -0.05) is 25.6 Å². The minimum Gasteiger partial charge on any atom is -0.534 e. The lowest BCUT2D eigenvalue weighted by Gasteiger charge is -2.29. The molecule has 0 unspecified atom stereocenters. The Morgan fingerprint density at radius 3 is 2.70 bits per heavy atom. The lowest BCUT2D eigenvalue weighted by molar-refractivity contribution is -0.121. The standard InChI is InChI=1S/C19H27BN2O5/c1-5-17(23)21-16-11-14-9-8-10-15(18(14)27-20(16)25)19(24)26-12-13(4)22(6-2)7-3/h8-10,16,25H,4-7,11-12H2,1-3H3,(H,21,23)/t16-/m0/s1. The molecule has 0 aliphatic carbocycles. The van der Waals surface area contributed by atoms with Crippen LogP contribution in [0.1, 0.15) is 43.1 Å². The molecule has 1 aromatic rings. The molecule has 0 spiro atoms. The van der Waals surface area contributed by atoms with Crippen LogP contribution in [0, 0.1) is 0 Å². The van der Waals surface area contributed by atoms with Crippen molar-refractivity contribution >= 4 is 19.0 Å². The number of likely N-dealkylation sites (N-methyl/N-ethyl adjacent to an activating group) is 1. The van der Waals surface area contributed by atoms with Crippen LogP contribution in [0.25, 0.3) is 0 Å². The summed E-state index contributed by atoms with van der Waals surface area (Å²) in [5, 5.41) is 12.9. The van der Waals surface area contributed by atoms with Gasteiger partial charge in [0.15, 0.2) is 0 Å². The number of nitrogens with one attached hydrogen (secondary N) is 1. The average molecular weight is 374 g/mol. The molecule has 0 bridgehead atoms. The molecular weight excluding hydrogens is 347 g/mol. The Kier molecular flexibility index (Phi) is 7.30. The first-order valence-corrected chi connectivity index (χ1v) is 9.26. The van der Waals surface area contributed by atoms with Gasteiger partial charge in [-0.15, -0.1) is 0 Å². The molecule has 7 nitrogen and oxygen atoms in total. The molecule has 0 radical (unpaired) electrons. The van der Waals surface area contributed by atoms with E-state index >= 15 is 0 Å². The van der Waals surface area contributed by atoms with Crippen LogP contribution in [-0.4, -0.2) is 54.6 Å². The van der Waals surface area contributed by atoms with E-state index in [2.05, 4.69) is 11.9 Å². The van der Waals surface area contributed by atoms with E-state index in [1.807, 2.05) is 18.7 Å². The minimum atomic E-state index is -1.23. The van der Waals surface area contributed by atoms with E-state index in [4.69, 9.17) is 9.39 Å². The Hall–Kier alpha value is -2.48. The summed E-state index contributed by atoms with van der Waals surface area (Å²) in [5.41, 5.74) is 1.71. The van der Waals surface area contributed by atoms with Gasteiger partial charge in [0, 0.05) is 25.2 Å². The van der Waals surface area contributed by atoms with Gasteiger partial charge in [-0.3, -0.25) is 4.79 Å². The van der Waals surface area contributed by atoms with E-state index < -0.39 is 19.0 Å². The number of rotatable bonds is 8. The number of hydrogen-bond acceptors (Lipinski definition) is 6. The highest BCUT2D eigenvalue weighted by molar-refractivity contribution is 6.47. The summed E-state index contributed by atoms with van der Waals surface area (Å²) in [6.45, 7) is 11.4. The number of para-hydroxylation sites is 1. The first-order chi connectivity index (χ1) is 12.9. The lowest BCUT2D eigenvalue weighted by Crippen LogP contribution is -2.53. The Morgan fingerprint density at radius 2 is 2.07 bits per heavy atom. The summed E-state index contributed by atoms with van der Waals surface area (Å²) in [7, 11) is -1.23. The number of fused-ring (bicyclic) bond motifs is 1. The average Bonchev–Trinajstić information content (AvgIpc) is 2.67. The van der Waals surface area contributed by atoms with Gasteiger partial charge in [-0.05, 0) is 31.9 Å². The summed E-state index contributed by atoms with van der Waals surface area (Å²) in [6.07, 6.45) is 0.689. The van der Waals surface area contributed by atoms with Gasteiger partial charge in [0.1, 0.15) is 17.9 Å². The normalized spacial score (nSPS) is 15.4. The van der Waals surface area contributed by atoms with Crippen LogP contribution in [0.4, 0.5) is 0 Å². The van der Waals surface area contributed by atoms with Crippen LogP contribution < -0.4 is 9.97 Å². The second-order valence-electron chi connectivity index (χ2n) is 6.35. The van der Waals surface area contributed by atoms with Crippen molar-refractivity contribution in [2.75, 3.05) is 19.7 Å². The fourth-order valence-corrected chi connectivity index (χ4v) is 3.01. The summed E-state index contributed by atoms with van der Waals surface area (Å²) >= 11 is 0. The molecule has 1 heterocycles. The third kappa shape index (κ3) is 5.04. The molecule has 8 heteroatoms. The highest BCUT2D eigenvalue weighted by Crippen LogP contribution is 2.30. The third-order valence-electron chi connectivity index (χ3n) is 4.59. The van der Waals surface area contributed by atoms with Gasteiger partial charge in [0.05, 0.1) is 5.94 Å². The monoisotopic (exact) mass is 374 g/mol. The van der Waals surface area contributed by atoms with E-state index in [1.165, 1.54) is 0 Å². The molecule has 27 heavy (non-hydrogen) atoms. The van der Waals surface area contributed by atoms with Gasteiger partial charge in [-0.25, -0.2) is 4.79 Å². The zero-order valence-electron chi connectivity index (χ0n) is 16.2. The smallest absolute Gasteiger partial charge is 0.534 e. The fourth-order valence-electron chi connectivity index (χ4n) is 3.01. The maximum absolute atomic E-state index is 12.5. The molecule has 1 aliphatic heterocycles. The number of esters is 1. The van der Waals surface area contributed by atoms with E-state index in [1.54, 1.807) is 25.1 Å². The SMILES string of the molecule is C=C(COC(=O)c1cccc2c1OB(O)[C@@H](NC(=O)CC)C2)N(CC)CC.